The molecule has 2 aliphatic rings. The zero-order valence-corrected chi connectivity index (χ0v) is 12.4. The molecule has 0 fully saturated rings. The fourth-order valence-electron chi connectivity index (χ4n) is 3.08. The Morgan fingerprint density at radius 3 is 2.90 bits per heavy atom. The van der Waals surface area contributed by atoms with Gasteiger partial charge in [0.1, 0.15) is 11.5 Å². The lowest BCUT2D eigenvalue weighted by Crippen LogP contribution is -2.31. The molecule has 0 amide bonds. The maximum absolute atomic E-state index is 12.4. The van der Waals surface area contributed by atoms with Gasteiger partial charge in [-0.3, -0.25) is 4.79 Å². The highest BCUT2D eigenvalue weighted by Gasteiger charge is 2.42. The molecule has 0 aromatic heterocycles. The number of esters is 1. The maximum atomic E-state index is 12.4. The second kappa shape index (κ2) is 4.81. The highest BCUT2D eigenvalue weighted by molar-refractivity contribution is 7.98. The number of fused-ring (bicyclic) bond motifs is 5. The van der Waals surface area contributed by atoms with E-state index in [0.29, 0.717) is 5.75 Å². The van der Waals surface area contributed by atoms with Crippen molar-refractivity contribution >= 4 is 17.7 Å². The Labute approximate surface area is 127 Å². The topological polar surface area (TPSA) is 35.5 Å². The molecule has 4 rings (SSSR count). The first kappa shape index (κ1) is 12.8. The number of methoxy groups -OCH3 is 1. The molecule has 0 aliphatic carbocycles. The van der Waals surface area contributed by atoms with Crippen LogP contribution in [0.4, 0.5) is 0 Å². The Morgan fingerprint density at radius 1 is 1.19 bits per heavy atom. The van der Waals surface area contributed by atoms with Crippen LogP contribution in [0.3, 0.4) is 0 Å². The van der Waals surface area contributed by atoms with E-state index in [2.05, 4.69) is 6.07 Å². The molecule has 106 valence electrons. The lowest BCUT2D eigenvalue weighted by molar-refractivity contribution is -0.137. The minimum absolute atomic E-state index is 0.142. The van der Waals surface area contributed by atoms with E-state index in [-0.39, 0.29) is 17.1 Å². The molecule has 0 N–H and O–H groups in total. The fraction of sp³-hybridized carbons (Fsp3) is 0.235. The van der Waals surface area contributed by atoms with Gasteiger partial charge >= 0.3 is 5.97 Å². The van der Waals surface area contributed by atoms with Crippen LogP contribution >= 0.6 is 11.8 Å². The number of carbonyl (C=O) groups excluding carboxylic acids is 1. The van der Waals surface area contributed by atoms with E-state index < -0.39 is 0 Å². The first-order chi connectivity index (χ1) is 10.3. The van der Waals surface area contributed by atoms with Gasteiger partial charge in [0.25, 0.3) is 0 Å². The fourth-order valence-corrected chi connectivity index (χ4v) is 4.51. The second-order valence-electron chi connectivity index (χ2n) is 5.23. The van der Waals surface area contributed by atoms with E-state index in [9.17, 15) is 4.79 Å². The molecule has 2 aromatic carbocycles. The van der Waals surface area contributed by atoms with Crippen molar-refractivity contribution < 1.29 is 14.3 Å². The van der Waals surface area contributed by atoms with Gasteiger partial charge in [-0.15, -0.1) is 11.8 Å². The van der Waals surface area contributed by atoms with Gasteiger partial charge in [-0.1, -0.05) is 24.3 Å². The molecule has 0 saturated carbocycles. The summed E-state index contributed by atoms with van der Waals surface area (Å²) < 4.78 is 10.8. The third-order valence-electron chi connectivity index (χ3n) is 4.10. The summed E-state index contributed by atoms with van der Waals surface area (Å²) in [5.41, 5.74) is 3.35. The van der Waals surface area contributed by atoms with Crippen LogP contribution in [0.5, 0.6) is 11.5 Å². The Balaban J connectivity index is 1.83. The van der Waals surface area contributed by atoms with Crippen molar-refractivity contribution in [3.63, 3.8) is 0 Å². The first-order valence-electron chi connectivity index (χ1n) is 6.87. The van der Waals surface area contributed by atoms with Crippen molar-refractivity contribution in [1.29, 1.82) is 0 Å². The van der Waals surface area contributed by atoms with Crippen molar-refractivity contribution in [2.24, 2.45) is 0 Å². The minimum Gasteiger partial charge on any atom is -0.497 e. The third-order valence-corrected chi connectivity index (χ3v) is 5.46. The van der Waals surface area contributed by atoms with Crippen LogP contribution in [-0.4, -0.2) is 13.1 Å². The van der Waals surface area contributed by atoms with E-state index in [0.717, 1.165) is 28.2 Å². The van der Waals surface area contributed by atoms with Crippen molar-refractivity contribution in [2.45, 2.75) is 16.9 Å². The molecule has 21 heavy (non-hydrogen) atoms. The zero-order chi connectivity index (χ0) is 14.4. The van der Waals surface area contributed by atoms with Crippen LogP contribution in [0.1, 0.15) is 27.9 Å². The predicted molar refractivity (Wildman–Crippen MR) is 81.8 cm³/mol. The molecule has 3 nitrogen and oxygen atoms in total. The van der Waals surface area contributed by atoms with E-state index in [1.54, 1.807) is 18.9 Å². The molecule has 0 radical (unpaired) electrons. The van der Waals surface area contributed by atoms with Gasteiger partial charge in [-0.2, -0.15) is 0 Å². The van der Waals surface area contributed by atoms with E-state index in [4.69, 9.17) is 9.47 Å². The standard InChI is InChI=1S/C17H14O3S/c1-19-11-6-7-12-10(8-11)9-21-16-13-4-2-3-5-14(13)20-17(18)15(12)16/h2-8,15-16H,9H2,1H3/t15-,16-/m0/s1. The van der Waals surface area contributed by atoms with Gasteiger partial charge in [0.2, 0.25) is 0 Å². The van der Waals surface area contributed by atoms with Crippen LogP contribution < -0.4 is 9.47 Å². The minimum atomic E-state index is -0.223. The number of thioether (sulfide) groups is 1. The predicted octanol–water partition coefficient (Wildman–Crippen LogP) is 3.69. The van der Waals surface area contributed by atoms with Gasteiger partial charge in [-0.05, 0) is 29.3 Å². The summed E-state index contributed by atoms with van der Waals surface area (Å²) in [4.78, 5) is 12.4. The summed E-state index contributed by atoms with van der Waals surface area (Å²) in [6.45, 7) is 0. The van der Waals surface area contributed by atoms with Crippen molar-refractivity contribution in [1.82, 2.24) is 0 Å². The second-order valence-corrected chi connectivity index (χ2v) is 6.36. The highest BCUT2D eigenvalue weighted by Crippen LogP contribution is 2.54. The van der Waals surface area contributed by atoms with E-state index in [1.807, 2.05) is 36.4 Å². The molecule has 4 heteroatoms. The van der Waals surface area contributed by atoms with Gasteiger partial charge in [-0.25, -0.2) is 0 Å². The highest BCUT2D eigenvalue weighted by atomic mass is 32.2. The number of benzene rings is 2. The quantitative estimate of drug-likeness (QED) is 0.594. The zero-order valence-electron chi connectivity index (χ0n) is 11.5. The lowest BCUT2D eigenvalue weighted by Gasteiger charge is -2.36. The van der Waals surface area contributed by atoms with Crippen LogP contribution in [0.2, 0.25) is 0 Å². The average molecular weight is 298 g/mol. The summed E-state index contributed by atoms with van der Waals surface area (Å²) in [6.07, 6.45) is 0. The van der Waals surface area contributed by atoms with E-state index in [1.165, 1.54) is 0 Å². The van der Waals surface area contributed by atoms with Gasteiger partial charge < -0.3 is 9.47 Å². The molecule has 2 aromatic rings. The number of ether oxygens (including phenoxy) is 2. The Morgan fingerprint density at radius 2 is 2.05 bits per heavy atom. The number of hydrogen-bond acceptors (Lipinski definition) is 4. The molecule has 0 bridgehead atoms. The summed E-state index contributed by atoms with van der Waals surface area (Å²) >= 11 is 1.80. The smallest absolute Gasteiger partial charge is 0.320 e. The van der Waals surface area contributed by atoms with Gasteiger partial charge in [0.15, 0.2) is 0 Å². The lowest BCUT2D eigenvalue weighted by atomic mass is 9.86. The molecule has 0 unspecified atom stereocenters. The molecular formula is C17H14O3S. The van der Waals surface area contributed by atoms with Gasteiger partial charge in [0, 0.05) is 11.3 Å². The summed E-state index contributed by atoms with van der Waals surface area (Å²) in [6, 6.07) is 13.8. The summed E-state index contributed by atoms with van der Waals surface area (Å²) in [5.74, 6) is 2.04. The summed E-state index contributed by atoms with van der Waals surface area (Å²) in [7, 11) is 1.66. The van der Waals surface area contributed by atoms with Crippen LogP contribution in [0.15, 0.2) is 42.5 Å². The Bertz CT molecular complexity index is 726. The number of rotatable bonds is 1. The normalized spacial score (nSPS) is 22.6. The Hall–Kier alpha value is -1.94. The van der Waals surface area contributed by atoms with Crippen molar-refractivity contribution in [2.75, 3.05) is 7.11 Å². The van der Waals surface area contributed by atoms with Crippen LogP contribution in [-0.2, 0) is 10.5 Å². The molecule has 2 atom stereocenters. The molecular weight excluding hydrogens is 284 g/mol. The summed E-state index contributed by atoms with van der Waals surface area (Å²) in [5, 5.41) is 0.142. The number of hydrogen-bond donors (Lipinski definition) is 0. The van der Waals surface area contributed by atoms with E-state index >= 15 is 0 Å². The Kier molecular flexibility index (Phi) is 2.93. The first-order valence-corrected chi connectivity index (χ1v) is 7.92. The maximum Gasteiger partial charge on any atom is 0.320 e. The van der Waals surface area contributed by atoms with Crippen molar-refractivity contribution in [3.8, 4) is 11.5 Å². The van der Waals surface area contributed by atoms with Crippen LogP contribution in [0.25, 0.3) is 0 Å². The molecule has 0 spiro atoms. The SMILES string of the molecule is COc1ccc2c(c1)CS[C@H]1c3ccccc3OC(=O)[C@@H]21. The largest absolute Gasteiger partial charge is 0.497 e. The third kappa shape index (κ3) is 1.94. The average Bonchev–Trinajstić information content (AvgIpc) is 2.53. The monoisotopic (exact) mass is 298 g/mol. The molecule has 0 saturated heterocycles. The number of carbonyl (C=O) groups is 1. The van der Waals surface area contributed by atoms with Gasteiger partial charge in [0.05, 0.1) is 18.3 Å². The van der Waals surface area contributed by atoms with Crippen molar-refractivity contribution in [3.05, 3.63) is 59.2 Å². The number of para-hydroxylation sites is 1. The van der Waals surface area contributed by atoms with Crippen LogP contribution in [0, 0.1) is 0 Å². The molecule has 2 aliphatic heterocycles. The molecule has 2 heterocycles.